The summed E-state index contributed by atoms with van der Waals surface area (Å²) in [6.45, 7) is 8.36. The quantitative estimate of drug-likeness (QED) is 0.511. The Morgan fingerprint density at radius 3 is 2.07 bits per heavy atom. The van der Waals surface area contributed by atoms with Crippen LogP contribution < -0.4 is 5.32 Å². The summed E-state index contributed by atoms with van der Waals surface area (Å²) in [5, 5.41) is 3.01. The fraction of sp³-hybridized carbons (Fsp3) is 0.440. The molecule has 162 valence electrons. The molecule has 2 rings (SSSR count). The number of halogens is 1. The van der Waals surface area contributed by atoms with Crippen LogP contribution in [0, 0.1) is 0 Å². The van der Waals surface area contributed by atoms with Gasteiger partial charge in [-0.2, -0.15) is 0 Å². The lowest BCUT2D eigenvalue weighted by Gasteiger charge is -2.30. The van der Waals surface area contributed by atoms with Crippen molar-refractivity contribution < 1.29 is 9.59 Å². The first kappa shape index (κ1) is 24.1. The van der Waals surface area contributed by atoms with Gasteiger partial charge in [0.05, 0.1) is 0 Å². The van der Waals surface area contributed by atoms with E-state index in [1.165, 1.54) is 5.56 Å². The van der Waals surface area contributed by atoms with Gasteiger partial charge in [0.15, 0.2) is 0 Å². The third kappa shape index (κ3) is 7.28. The van der Waals surface area contributed by atoms with Gasteiger partial charge in [0, 0.05) is 23.5 Å². The second-order valence-corrected chi connectivity index (χ2v) is 8.73. The van der Waals surface area contributed by atoms with Gasteiger partial charge in [-0.05, 0) is 61.9 Å². The molecule has 0 unspecified atom stereocenters. The van der Waals surface area contributed by atoms with E-state index in [0.29, 0.717) is 19.4 Å². The van der Waals surface area contributed by atoms with Gasteiger partial charge in [-0.3, -0.25) is 9.59 Å². The minimum atomic E-state index is -0.530. The number of carbonyl (C=O) groups excluding carboxylic acids is 2. The minimum Gasteiger partial charge on any atom is -0.352 e. The normalized spacial score (nSPS) is 12.8. The smallest absolute Gasteiger partial charge is 0.242 e. The molecule has 0 fully saturated rings. The number of hydrogen-bond donors (Lipinski definition) is 1. The van der Waals surface area contributed by atoms with E-state index in [1.54, 1.807) is 4.90 Å². The molecule has 0 aromatic heterocycles. The third-order valence-electron chi connectivity index (χ3n) is 5.49. The lowest BCUT2D eigenvalue weighted by atomic mass is 10.0. The zero-order valence-electron chi connectivity index (χ0n) is 18.5. The molecule has 0 radical (unpaired) electrons. The predicted octanol–water partition coefficient (Wildman–Crippen LogP) is 5.28. The van der Waals surface area contributed by atoms with Crippen LogP contribution in [0.1, 0.15) is 57.2 Å². The van der Waals surface area contributed by atoms with Crippen molar-refractivity contribution in [1.29, 1.82) is 0 Å². The topological polar surface area (TPSA) is 49.4 Å². The second-order valence-electron chi connectivity index (χ2n) is 7.81. The van der Waals surface area contributed by atoms with Crippen LogP contribution in [0.5, 0.6) is 0 Å². The summed E-state index contributed by atoms with van der Waals surface area (Å²) in [5.41, 5.74) is 3.43. The fourth-order valence-corrected chi connectivity index (χ4v) is 3.44. The van der Waals surface area contributed by atoms with Crippen LogP contribution in [-0.2, 0) is 29.0 Å². The number of aryl methyl sites for hydroxylation is 2. The Bertz CT molecular complexity index is 818. The Kier molecular flexibility index (Phi) is 9.57. The third-order valence-corrected chi connectivity index (χ3v) is 6.02. The van der Waals surface area contributed by atoms with Crippen LogP contribution in [0.3, 0.4) is 0 Å². The van der Waals surface area contributed by atoms with Crippen LogP contribution in [0.2, 0.25) is 0 Å². The van der Waals surface area contributed by atoms with Crippen molar-refractivity contribution >= 4 is 27.7 Å². The SMILES string of the molecule is CCc1ccc(CCC(=O)N(Cc2ccc(Br)cc2)[C@H](C)C(=O)N[C@@H](C)CC)cc1. The predicted molar refractivity (Wildman–Crippen MR) is 126 cm³/mol. The monoisotopic (exact) mass is 472 g/mol. The Morgan fingerprint density at radius 2 is 1.50 bits per heavy atom. The van der Waals surface area contributed by atoms with Crippen LogP contribution >= 0.6 is 15.9 Å². The van der Waals surface area contributed by atoms with Crippen molar-refractivity contribution in [1.82, 2.24) is 10.2 Å². The van der Waals surface area contributed by atoms with Gasteiger partial charge in [0.25, 0.3) is 0 Å². The summed E-state index contributed by atoms with van der Waals surface area (Å²) >= 11 is 3.44. The Labute approximate surface area is 189 Å². The van der Waals surface area contributed by atoms with Crippen LogP contribution in [-0.4, -0.2) is 28.8 Å². The Balaban J connectivity index is 2.12. The van der Waals surface area contributed by atoms with Crippen LogP contribution in [0.4, 0.5) is 0 Å². The van der Waals surface area contributed by atoms with Crippen LogP contribution in [0.15, 0.2) is 53.0 Å². The molecule has 30 heavy (non-hydrogen) atoms. The van der Waals surface area contributed by atoms with Gasteiger partial charge >= 0.3 is 0 Å². The molecule has 0 aliphatic heterocycles. The molecule has 2 aromatic carbocycles. The first-order valence-corrected chi connectivity index (χ1v) is 11.5. The maximum Gasteiger partial charge on any atom is 0.242 e. The molecule has 5 heteroatoms. The van der Waals surface area contributed by atoms with E-state index in [9.17, 15) is 9.59 Å². The molecule has 0 heterocycles. The number of amides is 2. The van der Waals surface area contributed by atoms with Crippen molar-refractivity contribution in [3.63, 3.8) is 0 Å². The van der Waals surface area contributed by atoms with Gasteiger partial charge in [-0.1, -0.05) is 66.2 Å². The molecule has 2 aromatic rings. The highest BCUT2D eigenvalue weighted by Crippen LogP contribution is 2.16. The molecule has 0 spiro atoms. The number of nitrogens with zero attached hydrogens (tertiary/aromatic N) is 1. The number of nitrogens with one attached hydrogen (secondary N) is 1. The molecule has 0 bridgehead atoms. The van der Waals surface area contributed by atoms with E-state index >= 15 is 0 Å². The summed E-state index contributed by atoms with van der Waals surface area (Å²) in [7, 11) is 0. The summed E-state index contributed by atoms with van der Waals surface area (Å²) in [6.07, 6.45) is 2.90. The first-order valence-electron chi connectivity index (χ1n) is 10.8. The molecule has 0 saturated carbocycles. The number of hydrogen-bond acceptors (Lipinski definition) is 2. The molecular weight excluding hydrogens is 440 g/mol. The average Bonchev–Trinajstić information content (AvgIpc) is 2.76. The minimum absolute atomic E-state index is 0.00992. The number of rotatable bonds is 10. The van der Waals surface area contributed by atoms with Crippen LogP contribution in [0.25, 0.3) is 0 Å². The van der Waals surface area contributed by atoms with E-state index in [2.05, 4.69) is 52.4 Å². The highest BCUT2D eigenvalue weighted by molar-refractivity contribution is 9.10. The van der Waals surface area contributed by atoms with E-state index in [0.717, 1.165) is 28.4 Å². The molecule has 4 nitrogen and oxygen atoms in total. The van der Waals surface area contributed by atoms with Gasteiger partial charge in [0.1, 0.15) is 6.04 Å². The molecule has 2 amide bonds. The first-order chi connectivity index (χ1) is 14.3. The molecule has 1 N–H and O–H groups in total. The Morgan fingerprint density at radius 1 is 0.933 bits per heavy atom. The van der Waals surface area contributed by atoms with Gasteiger partial charge in [-0.25, -0.2) is 0 Å². The van der Waals surface area contributed by atoms with E-state index in [1.807, 2.05) is 45.0 Å². The van der Waals surface area contributed by atoms with Crippen molar-refractivity contribution in [3.05, 3.63) is 69.7 Å². The van der Waals surface area contributed by atoms with Crippen molar-refractivity contribution in [3.8, 4) is 0 Å². The standard InChI is InChI=1S/C25H33BrN2O2/c1-5-18(3)27-25(30)19(4)28(17-22-11-14-23(26)15-12-22)24(29)16-13-21-9-7-20(6-2)8-10-21/h7-12,14-15,18-19H,5-6,13,16-17H2,1-4H3,(H,27,30)/t18-,19+/m0/s1. The van der Waals surface area contributed by atoms with Gasteiger partial charge < -0.3 is 10.2 Å². The zero-order chi connectivity index (χ0) is 22.1. The molecule has 0 aliphatic rings. The summed E-state index contributed by atoms with van der Waals surface area (Å²) < 4.78 is 0.988. The summed E-state index contributed by atoms with van der Waals surface area (Å²) in [6, 6.07) is 15.8. The molecule has 0 saturated heterocycles. The Hall–Kier alpha value is -2.14. The summed E-state index contributed by atoms with van der Waals surface area (Å²) in [4.78, 5) is 27.6. The summed E-state index contributed by atoms with van der Waals surface area (Å²) in [5.74, 6) is -0.119. The van der Waals surface area contributed by atoms with Crippen molar-refractivity contribution in [2.75, 3.05) is 0 Å². The van der Waals surface area contributed by atoms with E-state index in [4.69, 9.17) is 0 Å². The van der Waals surface area contributed by atoms with E-state index < -0.39 is 6.04 Å². The molecule has 2 atom stereocenters. The lowest BCUT2D eigenvalue weighted by Crippen LogP contribution is -2.49. The fourth-order valence-electron chi connectivity index (χ4n) is 3.17. The van der Waals surface area contributed by atoms with Gasteiger partial charge in [0.2, 0.25) is 11.8 Å². The molecule has 0 aliphatic carbocycles. The van der Waals surface area contributed by atoms with Gasteiger partial charge in [-0.15, -0.1) is 0 Å². The van der Waals surface area contributed by atoms with Crippen molar-refractivity contribution in [2.24, 2.45) is 0 Å². The van der Waals surface area contributed by atoms with Crippen molar-refractivity contribution in [2.45, 2.75) is 72.0 Å². The zero-order valence-corrected chi connectivity index (χ0v) is 20.0. The average molecular weight is 473 g/mol. The maximum absolute atomic E-state index is 13.1. The van der Waals surface area contributed by atoms with E-state index in [-0.39, 0.29) is 17.9 Å². The second kappa shape index (κ2) is 11.9. The highest BCUT2D eigenvalue weighted by atomic mass is 79.9. The number of benzene rings is 2. The number of carbonyl (C=O) groups is 2. The highest BCUT2D eigenvalue weighted by Gasteiger charge is 2.26. The maximum atomic E-state index is 13.1. The largest absolute Gasteiger partial charge is 0.352 e. The lowest BCUT2D eigenvalue weighted by molar-refractivity contribution is -0.140. The molecular formula is C25H33BrN2O2.